The summed E-state index contributed by atoms with van der Waals surface area (Å²) in [4.78, 5) is 15.4. The maximum absolute atomic E-state index is 4.30. The van der Waals surface area contributed by atoms with E-state index in [2.05, 4.69) is 36.2 Å². The summed E-state index contributed by atoms with van der Waals surface area (Å²) < 4.78 is 1.27. The molecule has 0 aliphatic heterocycles. The Kier molecular flexibility index (Phi) is 2.93. The van der Waals surface area contributed by atoms with Crippen molar-refractivity contribution in [2.75, 3.05) is 12.4 Å². The molecule has 12 heavy (non-hydrogen) atoms. The Hall–Kier alpha value is -0.321. The molecule has 0 aliphatic rings. The molecule has 0 saturated carbocycles. The van der Waals surface area contributed by atoms with Crippen LogP contribution in [0.1, 0.15) is 0 Å². The zero-order chi connectivity index (χ0) is 9.19. The summed E-state index contributed by atoms with van der Waals surface area (Å²) in [7, 11) is 1.88. The fraction of sp³-hybridized carbons (Fsp3) is 0.500. The topological polar surface area (TPSA) is 37.8 Å². The van der Waals surface area contributed by atoms with Crippen molar-refractivity contribution >= 4 is 27.9 Å². The first-order valence-corrected chi connectivity index (χ1v) is 14.0. The summed E-state index contributed by atoms with van der Waals surface area (Å²) in [5.74, 6) is 0.923. The molecule has 0 bridgehead atoms. The van der Waals surface area contributed by atoms with Crippen molar-refractivity contribution < 1.29 is 0 Å². The number of rotatable bonds is 2. The van der Waals surface area contributed by atoms with E-state index in [1.54, 1.807) is 6.33 Å². The maximum atomic E-state index is 4.30. The van der Waals surface area contributed by atoms with Gasteiger partial charge in [-0.15, -0.1) is 0 Å². The van der Waals surface area contributed by atoms with Crippen LogP contribution in [0.15, 0.2) is 12.4 Å². The molecule has 1 N–H and O–H groups in total. The molecule has 1 rings (SSSR count). The van der Waals surface area contributed by atoms with Crippen LogP contribution in [0.25, 0.3) is 0 Å². The number of hydrogen-bond donors (Lipinski definition) is 1. The van der Waals surface area contributed by atoms with Crippen molar-refractivity contribution in [2.45, 2.75) is 14.8 Å². The van der Waals surface area contributed by atoms with E-state index in [0.717, 1.165) is 5.82 Å². The zero-order valence-corrected chi connectivity index (χ0v) is 10.9. The van der Waals surface area contributed by atoms with E-state index in [0.29, 0.717) is 0 Å². The molecule has 3 nitrogen and oxygen atoms in total. The third kappa shape index (κ3) is 2.33. The van der Waals surface area contributed by atoms with Crippen LogP contribution in [0.2, 0.25) is 14.8 Å². The van der Waals surface area contributed by atoms with Gasteiger partial charge in [0.05, 0.1) is 0 Å². The van der Waals surface area contributed by atoms with E-state index in [4.69, 9.17) is 0 Å². The normalized spacial score (nSPS) is 11.3. The molecule has 4 heteroatoms. The first-order chi connectivity index (χ1) is 5.54. The minimum atomic E-state index is -1.97. The molecule has 1 aromatic rings. The van der Waals surface area contributed by atoms with Gasteiger partial charge in [0.25, 0.3) is 0 Å². The van der Waals surface area contributed by atoms with Gasteiger partial charge in [-0.2, -0.15) is 0 Å². The van der Waals surface area contributed by atoms with Crippen molar-refractivity contribution in [3.05, 3.63) is 12.4 Å². The van der Waals surface area contributed by atoms with Crippen molar-refractivity contribution in [3.63, 3.8) is 0 Å². The molecule has 0 aromatic carbocycles. The Bertz CT molecular complexity index is 267. The van der Waals surface area contributed by atoms with Gasteiger partial charge in [0, 0.05) is 0 Å². The van der Waals surface area contributed by atoms with Gasteiger partial charge in [-0.1, -0.05) is 0 Å². The number of anilines is 1. The van der Waals surface area contributed by atoms with E-state index in [-0.39, 0.29) is 0 Å². The summed E-state index contributed by atoms with van der Waals surface area (Å²) in [6.45, 7) is 0. The second kappa shape index (κ2) is 3.60. The first kappa shape index (κ1) is 9.76. The quantitative estimate of drug-likeness (QED) is 0.818. The van der Waals surface area contributed by atoms with Crippen molar-refractivity contribution in [2.24, 2.45) is 0 Å². The molecule has 66 valence electrons. The molecule has 0 radical (unpaired) electrons. The van der Waals surface area contributed by atoms with E-state index in [1.165, 1.54) is 3.71 Å². The predicted octanol–water partition coefficient (Wildman–Crippen LogP) is 1.06. The van der Waals surface area contributed by atoms with E-state index in [9.17, 15) is 0 Å². The zero-order valence-electron chi connectivity index (χ0n) is 8.05. The number of nitrogens with zero attached hydrogens (tertiary/aromatic N) is 2. The van der Waals surface area contributed by atoms with Gasteiger partial charge < -0.3 is 0 Å². The molecule has 1 aromatic heterocycles. The summed E-state index contributed by atoms with van der Waals surface area (Å²) in [5, 5.41) is 3.02. The molecule has 0 aliphatic carbocycles. The number of nitrogens with one attached hydrogen (secondary N) is 1. The molecule has 0 spiro atoms. The van der Waals surface area contributed by atoms with E-state index < -0.39 is 18.4 Å². The van der Waals surface area contributed by atoms with Gasteiger partial charge in [0.15, 0.2) is 0 Å². The molecule has 0 fully saturated rings. The van der Waals surface area contributed by atoms with Crippen LogP contribution in [0, 0.1) is 0 Å². The third-order valence-electron chi connectivity index (χ3n) is 1.69. The fourth-order valence-electron chi connectivity index (χ4n) is 0.904. The van der Waals surface area contributed by atoms with Crippen molar-refractivity contribution in [3.8, 4) is 0 Å². The van der Waals surface area contributed by atoms with E-state index >= 15 is 0 Å². The monoisotopic (exact) mass is 273 g/mol. The van der Waals surface area contributed by atoms with Crippen LogP contribution in [-0.2, 0) is 0 Å². The molecule has 0 atom stereocenters. The molecular formula is C8H15N3Sn. The summed E-state index contributed by atoms with van der Waals surface area (Å²) in [6, 6.07) is 2.07. The molecular weight excluding hydrogens is 257 g/mol. The van der Waals surface area contributed by atoms with Gasteiger partial charge in [0.1, 0.15) is 0 Å². The summed E-state index contributed by atoms with van der Waals surface area (Å²) in [6.07, 6.45) is 1.64. The Morgan fingerprint density at radius 3 is 2.42 bits per heavy atom. The van der Waals surface area contributed by atoms with Crippen molar-refractivity contribution in [1.82, 2.24) is 9.97 Å². The average Bonchev–Trinajstić information content (AvgIpc) is 2.03. The van der Waals surface area contributed by atoms with Gasteiger partial charge in [-0.3, -0.25) is 0 Å². The average molecular weight is 272 g/mol. The second-order valence-corrected chi connectivity index (χ2v) is 18.1. The fourth-order valence-corrected chi connectivity index (χ4v) is 3.80. The third-order valence-corrected chi connectivity index (χ3v) is 6.86. The summed E-state index contributed by atoms with van der Waals surface area (Å²) >= 11 is -1.97. The van der Waals surface area contributed by atoms with E-state index in [1.807, 2.05) is 7.05 Å². The standard InChI is InChI=1S/C5H6N3.3CH3.Sn/c1-6-5-2-3-7-4-8-5;;;;/h2,4H,1H3,(H,6,7,8);3*1H3;. The number of aromatic nitrogens is 2. The van der Waals surface area contributed by atoms with Crippen LogP contribution >= 0.6 is 0 Å². The second-order valence-electron chi connectivity index (χ2n) is 3.79. The van der Waals surface area contributed by atoms with Crippen LogP contribution in [0.3, 0.4) is 0 Å². The molecule has 0 unspecified atom stereocenters. The van der Waals surface area contributed by atoms with Gasteiger partial charge in [-0.25, -0.2) is 0 Å². The Morgan fingerprint density at radius 2 is 1.92 bits per heavy atom. The minimum absolute atomic E-state index is 0.923. The number of hydrogen-bond acceptors (Lipinski definition) is 3. The molecule has 0 amide bonds. The van der Waals surface area contributed by atoms with Gasteiger partial charge >= 0.3 is 77.4 Å². The predicted molar refractivity (Wildman–Crippen MR) is 54.6 cm³/mol. The molecule has 1 heterocycles. The van der Waals surface area contributed by atoms with Gasteiger partial charge in [0.2, 0.25) is 0 Å². The van der Waals surface area contributed by atoms with Crippen LogP contribution in [0.4, 0.5) is 5.82 Å². The van der Waals surface area contributed by atoms with Crippen LogP contribution in [-0.4, -0.2) is 35.4 Å². The molecule has 0 saturated heterocycles. The van der Waals surface area contributed by atoms with Crippen molar-refractivity contribution in [1.29, 1.82) is 0 Å². The Labute approximate surface area is 77.5 Å². The summed E-state index contributed by atoms with van der Waals surface area (Å²) in [5.41, 5.74) is 0. The Balaban J connectivity index is 3.02. The Morgan fingerprint density at radius 1 is 1.25 bits per heavy atom. The van der Waals surface area contributed by atoms with Crippen LogP contribution < -0.4 is 9.03 Å². The first-order valence-electron chi connectivity index (χ1n) is 4.04. The SMILES string of the molecule is CNc1c[c]([Sn]([CH3])([CH3])[CH3])ncn1. The van der Waals surface area contributed by atoms with Crippen LogP contribution in [0.5, 0.6) is 0 Å². The van der Waals surface area contributed by atoms with Gasteiger partial charge in [-0.05, 0) is 0 Å².